The van der Waals surface area contributed by atoms with Crippen LogP contribution in [-0.2, 0) is 0 Å². The maximum atomic E-state index is 6.20. The minimum atomic E-state index is 0.892. The van der Waals surface area contributed by atoms with Gasteiger partial charge in [-0.1, -0.05) is 24.3 Å². The van der Waals surface area contributed by atoms with Gasteiger partial charge in [-0.25, -0.2) is 0 Å². The van der Waals surface area contributed by atoms with Crippen molar-refractivity contribution < 1.29 is 8.83 Å². The van der Waals surface area contributed by atoms with Gasteiger partial charge >= 0.3 is 0 Å². The van der Waals surface area contributed by atoms with Gasteiger partial charge in [0.25, 0.3) is 0 Å². The fourth-order valence-corrected chi connectivity index (χ4v) is 4.59. The van der Waals surface area contributed by atoms with Gasteiger partial charge in [-0.15, -0.1) is 0 Å². The molecule has 0 saturated heterocycles. The number of rotatable bonds is 1. The molecule has 0 N–H and O–H groups in total. The summed E-state index contributed by atoms with van der Waals surface area (Å²) < 4.78 is 11.9. The maximum absolute atomic E-state index is 6.20. The van der Waals surface area contributed by atoms with Crippen molar-refractivity contribution in [3.05, 3.63) is 91.5 Å². The Labute approximate surface area is 171 Å². The Kier molecular flexibility index (Phi) is 3.00. The van der Waals surface area contributed by atoms with Crippen LogP contribution in [0.1, 0.15) is 0 Å². The van der Waals surface area contributed by atoms with Crippen molar-refractivity contribution in [3.8, 4) is 11.1 Å². The molecule has 0 bridgehead atoms. The molecule has 4 aromatic carbocycles. The first-order chi connectivity index (χ1) is 14.8. The van der Waals surface area contributed by atoms with E-state index in [9.17, 15) is 0 Å². The van der Waals surface area contributed by atoms with Crippen molar-refractivity contribution in [3.63, 3.8) is 0 Å². The monoisotopic (exact) mass is 385 g/mol. The van der Waals surface area contributed by atoms with E-state index in [4.69, 9.17) is 8.83 Å². The Morgan fingerprint density at radius 3 is 2.50 bits per heavy atom. The fourth-order valence-electron chi connectivity index (χ4n) is 4.59. The Hall–Kier alpha value is -4.11. The lowest BCUT2D eigenvalue weighted by Crippen LogP contribution is -1.86. The van der Waals surface area contributed by atoms with Gasteiger partial charge in [-0.2, -0.15) is 0 Å². The number of fused-ring (bicyclic) bond motifs is 7. The topological polar surface area (TPSA) is 39.2 Å². The van der Waals surface area contributed by atoms with Crippen LogP contribution in [-0.4, -0.2) is 4.98 Å². The molecule has 0 saturated carbocycles. The van der Waals surface area contributed by atoms with Gasteiger partial charge in [-0.05, 0) is 75.6 Å². The van der Waals surface area contributed by atoms with Crippen LogP contribution in [0.2, 0.25) is 0 Å². The van der Waals surface area contributed by atoms with Gasteiger partial charge in [0.1, 0.15) is 16.7 Å². The average Bonchev–Trinajstić information content (AvgIpc) is 3.40. The Balaban J connectivity index is 1.72. The Morgan fingerprint density at radius 1 is 0.600 bits per heavy atom. The van der Waals surface area contributed by atoms with E-state index in [2.05, 4.69) is 53.5 Å². The van der Waals surface area contributed by atoms with E-state index in [0.717, 1.165) is 49.4 Å². The first kappa shape index (κ1) is 15.8. The largest absolute Gasteiger partial charge is 0.464 e. The second-order valence-electron chi connectivity index (χ2n) is 7.69. The summed E-state index contributed by atoms with van der Waals surface area (Å²) in [5, 5.41) is 8.05. The zero-order valence-electron chi connectivity index (χ0n) is 15.9. The van der Waals surface area contributed by atoms with E-state index in [1.54, 1.807) is 12.5 Å². The van der Waals surface area contributed by atoms with Crippen LogP contribution in [0.3, 0.4) is 0 Å². The van der Waals surface area contributed by atoms with Crippen molar-refractivity contribution in [1.82, 2.24) is 4.98 Å². The molecular formula is C27H15NO2. The minimum Gasteiger partial charge on any atom is -0.464 e. The zero-order chi connectivity index (χ0) is 19.7. The molecule has 0 spiro atoms. The van der Waals surface area contributed by atoms with Gasteiger partial charge in [0, 0.05) is 34.1 Å². The third-order valence-electron chi connectivity index (χ3n) is 5.99. The summed E-state index contributed by atoms with van der Waals surface area (Å²) >= 11 is 0. The second kappa shape index (κ2) is 5.71. The molecule has 0 aliphatic heterocycles. The third-order valence-corrected chi connectivity index (χ3v) is 5.99. The van der Waals surface area contributed by atoms with Gasteiger partial charge < -0.3 is 8.83 Å². The summed E-state index contributed by atoms with van der Waals surface area (Å²) in [4.78, 5) is 4.35. The summed E-state index contributed by atoms with van der Waals surface area (Å²) in [5.41, 5.74) is 4.96. The number of pyridine rings is 1. The third kappa shape index (κ3) is 2.12. The number of para-hydroxylation sites is 1. The molecule has 0 amide bonds. The lowest BCUT2D eigenvalue weighted by Gasteiger charge is -2.11. The highest BCUT2D eigenvalue weighted by Gasteiger charge is 2.15. The summed E-state index contributed by atoms with van der Waals surface area (Å²) in [6.45, 7) is 0. The quantitative estimate of drug-likeness (QED) is 0.272. The molecule has 3 heteroatoms. The van der Waals surface area contributed by atoms with Gasteiger partial charge in [0.05, 0.1) is 6.26 Å². The van der Waals surface area contributed by atoms with Crippen molar-refractivity contribution in [2.24, 2.45) is 0 Å². The lowest BCUT2D eigenvalue weighted by atomic mass is 9.92. The molecule has 3 nitrogen and oxygen atoms in total. The van der Waals surface area contributed by atoms with Crippen molar-refractivity contribution in [2.45, 2.75) is 0 Å². The molecular weight excluding hydrogens is 370 g/mol. The van der Waals surface area contributed by atoms with Crippen LogP contribution in [0.25, 0.3) is 65.6 Å². The molecule has 0 fully saturated rings. The molecule has 30 heavy (non-hydrogen) atoms. The van der Waals surface area contributed by atoms with E-state index < -0.39 is 0 Å². The standard InChI is InChI=1S/C27H15NO2/c1-2-6-25-19(5-1)24-13-22-20(17-4-3-8-28-15-17)11-18-12-26-16(7-9-29-26)10-21(18)23(22)14-27(24)30-25/h1-15H. The minimum absolute atomic E-state index is 0.892. The number of benzene rings is 4. The van der Waals surface area contributed by atoms with E-state index in [-0.39, 0.29) is 0 Å². The summed E-state index contributed by atoms with van der Waals surface area (Å²) in [6.07, 6.45) is 5.47. The van der Waals surface area contributed by atoms with E-state index in [0.29, 0.717) is 0 Å². The van der Waals surface area contributed by atoms with Crippen LogP contribution in [0.4, 0.5) is 0 Å². The number of hydrogen-bond acceptors (Lipinski definition) is 3. The number of nitrogens with zero attached hydrogens (tertiary/aromatic N) is 1. The van der Waals surface area contributed by atoms with Crippen LogP contribution >= 0.6 is 0 Å². The van der Waals surface area contributed by atoms with E-state index >= 15 is 0 Å². The SMILES string of the molecule is c1cncc(-c2cc3cc4occc4cc3c3cc4oc5ccccc5c4cc23)c1. The molecule has 0 aliphatic rings. The molecule has 0 aliphatic carbocycles. The van der Waals surface area contributed by atoms with E-state index in [1.165, 1.54) is 16.2 Å². The normalized spacial score (nSPS) is 12.0. The van der Waals surface area contributed by atoms with Crippen LogP contribution < -0.4 is 0 Å². The van der Waals surface area contributed by atoms with Crippen molar-refractivity contribution in [1.29, 1.82) is 0 Å². The summed E-state index contributed by atoms with van der Waals surface area (Å²) in [5.74, 6) is 0. The number of aromatic nitrogens is 1. The van der Waals surface area contributed by atoms with Crippen LogP contribution in [0.15, 0.2) is 100 Å². The van der Waals surface area contributed by atoms with E-state index in [1.807, 2.05) is 30.5 Å². The molecule has 0 unspecified atom stereocenters. The summed E-state index contributed by atoms with van der Waals surface area (Å²) in [7, 11) is 0. The highest BCUT2D eigenvalue weighted by Crippen LogP contribution is 2.40. The Bertz CT molecular complexity index is 1740. The molecule has 7 rings (SSSR count). The van der Waals surface area contributed by atoms with Gasteiger partial charge in [0.15, 0.2) is 0 Å². The first-order valence-electron chi connectivity index (χ1n) is 9.94. The molecule has 0 atom stereocenters. The van der Waals surface area contributed by atoms with Gasteiger partial charge in [-0.3, -0.25) is 4.98 Å². The predicted molar refractivity (Wildman–Crippen MR) is 122 cm³/mol. The van der Waals surface area contributed by atoms with Crippen LogP contribution in [0.5, 0.6) is 0 Å². The number of furan rings is 2. The molecule has 7 aromatic rings. The second-order valence-corrected chi connectivity index (χ2v) is 7.69. The molecule has 140 valence electrons. The smallest absolute Gasteiger partial charge is 0.136 e. The number of hydrogen-bond donors (Lipinski definition) is 0. The summed E-state index contributed by atoms with van der Waals surface area (Å²) in [6, 6.07) is 25.3. The molecule has 3 heterocycles. The zero-order valence-corrected chi connectivity index (χ0v) is 15.9. The molecule has 3 aromatic heterocycles. The maximum Gasteiger partial charge on any atom is 0.136 e. The Morgan fingerprint density at radius 2 is 1.57 bits per heavy atom. The highest BCUT2D eigenvalue weighted by atomic mass is 16.3. The lowest BCUT2D eigenvalue weighted by molar-refractivity contribution is 0.616. The average molecular weight is 385 g/mol. The van der Waals surface area contributed by atoms with Crippen molar-refractivity contribution >= 4 is 54.5 Å². The first-order valence-corrected chi connectivity index (χ1v) is 9.94. The van der Waals surface area contributed by atoms with Crippen LogP contribution in [0, 0.1) is 0 Å². The molecule has 0 radical (unpaired) electrons. The fraction of sp³-hybridized carbons (Fsp3) is 0. The predicted octanol–water partition coefficient (Wildman–Crippen LogP) is 7.70. The highest BCUT2D eigenvalue weighted by molar-refractivity contribution is 6.21. The van der Waals surface area contributed by atoms with Gasteiger partial charge in [0.2, 0.25) is 0 Å². The van der Waals surface area contributed by atoms with Crippen molar-refractivity contribution in [2.75, 3.05) is 0 Å².